The van der Waals surface area contributed by atoms with Gasteiger partial charge in [-0.3, -0.25) is 0 Å². The quantitative estimate of drug-likeness (QED) is 0.248. The van der Waals surface area contributed by atoms with Crippen LogP contribution < -0.4 is 0 Å². The molecule has 14 N–H and O–H groups in total. The smallest absolute Gasteiger partial charge is 0.412 e. The van der Waals surface area contributed by atoms with Crippen molar-refractivity contribution in [3.05, 3.63) is 46.0 Å². The molecule has 20 heteroatoms. The molecule has 0 amide bonds. The minimum Gasteiger partial charge on any atom is -0.412 e. The van der Waals surface area contributed by atoms with Gasteiger partial charge < -0.3 is 84.3 Å². The van der Waals surface area contributed by atoms with Crippen LogP contribution in [0.15, 0.2) is 0 Å². The largest absolute Gasteiger partial charge is 3.00 e. The molecule has 0 bridgehead atoms. The Bertz CT molecular complexity index is 115. The van der Waals surface area contributed by atoms with E-state index in [1.165, 1.54) is 0 Å². The fourth-order valence-electron chi connectivity index (χ4n) is 0. The summed E-state index contributed by atoms with van der Waals surface area (Å²) in [6.07, 6.45) is 0. The Morgan fingerprint density at radius 3 is 0.400 bits per heavy atom. The van der Waals surface area contributed by atoms with Crippen molar-refractivity contribution in [2.45, 2.75) is 0 Å². The second-order valence-electron chi connectivity index (χ2n) is 0.671. The standard InChI is InChI=1S/3NO3.7H2O.Pr/c3*2-1(3)4;;;;;;;;/h;;;7*1H2;/q3*-1;;;;;;;;+3. The third-order valence-electron chi connectivity index (χ3n) is 0. The van der Waals surface area contributed by atoms with Crippen LogP contribution >= 0.6 is 0 Å². The first-order valence-electron chi connectivity index (χ1n) is 1.64. The topological polar surface area (TPSA) is 419 Å². The van der Waals surface area contributed by atoms with Gasteiger partial charge in [0.05, 0.1) is 15.3 Å². The van der Waals surface area contributed by atoms with Crippen LogP contribution in [0.25, 0.3) is 0 Å². The Labute approximate surface area is 140 Å². The molecule has 0 aromatic rings. The number of nitrogens with zero attached hydrogens (tertiary/aromatic N) is 3. The third kappa shape index (κ3) is 2370. The fourth-order valence-corrected chi connectivity index (χ4v) is 0. The van der Waals surface area contributed by atoms with E-state index in [1.54, 1.807) is 0 Å². The summed E-state index contributed by atoms with van der Waals surface area (Å²) >= 11 is 0. The predicted molar refractivity (Wildman–Crippen MR) is 56.4 cm³/mol. The van der Waals surface area contributed by atoms with E-state index >= 15 is 0 Å². The SMILES string of the molecule is O.O.O.O.O.O.O.O=[N+]([O-])[O-].O=[N+]([O-])[O-].O=[N+]([O-])[O-].[Pr+3]. The molecular formula is H14N3O16Pr. The first-order chi connectivity index (χ1) is 5.20. The molecule has 19 nitrogen and oxygen atoms in total. The summed E-state index contributed by atoms with van der Waals surface area (Å²) in [4.78, 5) is 24.8. The monoisotopic (exact) mass is 453 g/mol. The van der Waals surface area contributed by atoms with E-state index in [0.717, 1.165) is 0 Å². The molecule has 0 atom stereocenters. The van der Waals surface area contributed by atoms with Crippen molar-refractivity contribution in [2.75, 3.05) is 0 Å². The zero-order valence-electron chi connectivity index (χ0n) is 9.09. The van der Waals surface area contributed by atoms with Gasteiger partial charge in [-0.1, -0.05) is 0 Å². The van der Waals surface area contributed by atoms with Crippen molar-refractivity contribution < 1.29 is 94.9 Å². The van der Waals surface area contributed by atoms with E-state index in [2.05, 4.69) is 0 Å². The van der Waals surface area contributed by atoms with Crippen LogP contribution in [-0.4, -0.2) is 53.6 Å². The maximum atomic E-state index is 8.25. The second kappa shape index (κ2) is 83.4. The summed E-state index contributed by atoms with van der Waals surface area (Å²) in [6, 6.07) is 0. The van der Waals surface area contributed by atoms with Gasteiger partial charge in [-0.25, -0.2) is 0 Å². The molecule has 0 aliphatic heterocycles. The Morgan fingerprint density at radius 2 is 0.400 bits per heavy atom. The van der Waals surface area contributed by atoms with E-state index in [-0.39, 0.29) is 79.6 Å². The molecular weight excluding hydrogens is 439 g/mol. The third-order valence-corrected chi connectivity index (χ3v) is 0. The number of hydrogen-bond donors (Lipinski definition) is 0. The average molecular weight is 453 g/mol. The molecule has 0 radical (unpaired) electrons. The molecule has 0 fully saturated rings. The molecule has 0 aromatic heterocycles. The second-order valence-corrected chi connectivity index (χ2v) is 0.671. The molecule has 0 unspecified atom stereocenters. The van der Waals surface area contributed by atoms with Gasteiger partial charge in [0.1, 0.15) is 0 Å². The van der Waals surface area contributed by atoms with Crippen molar-refractivity contribution in [3.63, 3.8) is 0 Å². The maximum Gasteiger partial charge on any atom is 3.00 e. The minimum atomic E-state index is -1.75. The number of hydrogen-bond acceptors (Lipinski definition) is 9. The molecule has 0 aliphatic carbocycles. The number of rotatable bonds is 0. The first kappa shape index (κ1) is 99.0. The van der Waals surface area contributed by atoms with Crippen LogP contribution in [0, 0.1) is 87.3 Å². The molecule has 0 saturated carbocycles. The van der Waals surface area contributed by atoms with Gasteiger partial charge in [-0.2, -0.15) is 0 Å². The van der Waals surface area contributed by atoms with E-state index in [9.17, 15) is 0 Å². The summed E-state index contributed by atoms with van der Waals surface area (Å²) < 4.78 is 0. The zero-order chi connectivity index (χ0) is 10.7. The molecule has 20 heavy (non-hydrogen) atoms. The van der Waals surface area contributed by atoms with Crippen LogP contribution in [0.1, 0.15) is 0 Å². The van der Waals surface area contributed by atoms with E-state index in [4.69, 9.17) is 46.0 Å². The Balaban J connectivity index is -0.00000000562. The van der Waals surface area contributed by atoms with E-state index in [1.807, 2.05) is 0 Å². The first-order valence-corrected chi connectivity index (χ1v) is 1.64. The summed E-state index contributed by atoms with van der Waals surface area (Å²) in [7, 11) is 0. The normalized spacial score (nSPS) is 3.60. The van der Waals surface area contributed by atoms with Crippen LogP contribution in [-0.2, 0) is 0 Å². The van der Waals surface area contributed by atoms with Crippen LogP contribution in [0.2, 0.25) is 0 Å². The molecule has 0 aromatic carbocycles. The van der Waals surface area contributed by atoms with E-state index < -0.39 is 15.3 Å². The van der Waals surface area contributed by atoms with Gasteiger partial charge in [0.15, 0.2) is 0 Å². The zero-order valence-corrected chi connectivity index (χ0v) is 12.8. The summed E-state index contributed by atoms with van der Waals surface area (Å²) in [6.45, 7) is 0. The average Bonchev–Trinajstić information content (AvgIpc) is 1.54. The van der Waals surface area contributed by atoms with Gasteiger partial charge in [0.2, 0.25) is 0 Å². The van der Waals surface area contributed by atoms with Crippen molar-refractivity contribution in [2.24, 2.45) is 0 Å². The van der Waals surface area contributed by atoms with E-state index in [0.29, 0.717) is 0 Å². The van der Waals surface area contributed by atoms with Crippen LogP contribution in [0.4, 0.5) is 0 Å². The summed E-state index contributed by atoms with van der Waals surface area (Å²) in [5, 5.41) is 44.2. The Kier molecular flexibility index (Phi) is 413. The molecule has 0 spiro atoms. The van der Waals surface area contributed by atoms with Crippen LogP contribution in [0.3, 0.4) is 0 Å². The van der Waals surface area contributed by atoms with Crippen molar-refractivity contribution in [3.8, 4) is 0 Å². The Hall–Kier alpha value is -1.32. The summed E-state index contributed by atoms with van der Waals surface area (Å²) in [5.74, 6) is 0. The fraction of sp³-hybridized carbons (Fsp3) is 0. The molecule has 0 rings (SSSR count). The van der Waals surface area contributed by atoms with Gasteiger partial charge in [-0.15, -0.1) is 0 Å². The Morgan fingerprint density at radius 1 is 0.400 bits per heavy atom. The minimum absolute atomic E-state index is 0. The summed E-state index contributed by atoms with van der Waals surface area (Å²) in [5.41, 5.74) is 0. The van der Waals surface area contributed by atoms with Crippen molar-refractivity contribution in [1.29, 1.82) is 0 Å². The maximum absolute atomic E-state index is 8.25. The van der Waals surface area contributed by atoms with Gasteiger partial charge in [-0.05, 0) is 0 Å². The molecule has 0 heterocycles. The van der Waals surface area contributed by atoms with Crippen molar-refractivity contribution >= 4 is 0 Å². The molecule has 128 valence electrons. The van der Waals surface area contributed by atoms with Gasteiger partial charge in [0.25, 0.3) is 0 Å². The molecule has 0 aliphatic rings. The van der Waals surface area contributed by atoms with Crippen LogP contribution in [0.5, 0.6) is 0 Å². The van der Waals surface area contributed by atoms with Crippen molar-refractivity contribution in [1.82, 2.24) is 0 Å². The molecule has 0 saturated heterocycles. The predicted octanol–water partition coefficient (Wildman–Crippen LogP) is -6.49. The van der Waals surface area contributed by atoms with Gasteiger partial charge in [0, 0.05) is 0 Å². The van der Waals surface area contributed by atoms with Gasteiger partial charge >= 0.3 is 41.3 Å².